The molecule has 1 heterocycles. The topological polar surface area (TPSA) is 30.9 Å². The average Bonchev–Trinajstić information content (AvgIpc) is 2.53. The highest BCUT2D eigenvalue weighted by Crippen LogP contribution is 2.49. The first-order chi connectivity index (χ1) is 8.85. The van der Waals surface area contributed by atoms with Gasteiger partial charge in [-0.05, 0) is 38.8 Å². The molecule has 0 bridgehead atoms. The minimum absolute atomic E-state index is 0.241. The summed E-state index contributed by atoms with van der Waals surface area (Å²) < 4.78 is 10.3. The normalized spacial score (nSPS) is 20.8. The van der Waals surface area contributed by atoms with Crippen molar-refractivity contribution < 1.29 is 14.3 Å². The zero-order chi connectivity index (χ0) is 14.3. The second-order valence-corrected chi connectivity index (χ2v) is 5.82. The molecule has 0 saturated heterocycles. The fraction of sp³-hybridized carbons (Fsp3) is 0.600. The van der Waals surface area contributed by atoms with E-state index in [1.54, 1.807) is 14.2 Å². The molecule has 1 aliphatic rings. The fourth-order valence-corrected chi connectivity index (χ4v) is 3.00. The van der Waals surface area contributed by atoms with Crippen molar-refractivity contribution in [2.75, 3.05) is 14.2 Å². The Morgan fingerprint density at radius 2 is 1.32 bits per heavy atom. The molecule has 0 aliphatic carbocycles. The van der Waals surface area contributed by atoms with E-state index in [9.17, 15) is 0 Å². The molecule has 4 nitrogen and oxygen atoms in total. The van der Waals surface area contributed by atoms with Gasteiger partial charge >= 0.3 is 0 Å². The number of benzene rings is 1. The van der Waals surface area contributed by atoms with Gasteiger partial charge in [-0.3, -0.25) is 0 Å². The standard InChI is InChI=1S/C15H23NO3/c1-14(2)11-9-7-8-10-12(11)15(3,4)16(14)19-13(17-5)18-6/h7-10,13H,1-6H3. The SMILES string of the molecule is COC(OC)ON1C(C)(C)c2ccccc2C1(C)C. The summed E-state index contributed by atoms with van der Waals surface area (Å²) in [5, 5.41) is 1.96. The van der Waals surface area contributed by atoms with Crippen molar-refractivity contribution in [2.24, 2.45) is 0 Å². The average molecular weight is 265 g/mol. The van der Waals surface area contributed by atoms with Crippen molar-refractivity contribution >= 4 is 0 Å². The lowest BCUT2D eigenvalue weighted by Crippen LogP contribution is -2.48. The molecule has 4 heteroatoms. The quantitative estimate of drug-likeness (QED) is 0.783. The third-order valence-electron chi connectivity index (χ3n) is 3.84. The van der Waals surface area contributed by atoms with Crippen LogP contribution in [0, 0.1) is 0 Å². The number of nitrogens with zero attached hydrogens (tertiary/aromatic N) is 1. The first-order valence-electron chi connectivity index (χ1n) is 6.48. The maximum atomic E-state index is 5.91. The Morgan fingerprint density at radius 1 is 0.895 bits per heavy atom. The number of hydrogen-bond acceptors (Lipinski definition) is 4. The van der Waals surface area contributed by atoms with Crippen LogP contribution in [0.3, 0.4) is 0 Å². The highest BCUT2D eigenvalue weighted by atomic mass is 16.9. The molecule has 0 spiro atoms. The van der Waals surface area contributed by atoms with Crippen LogP contribution in [0.5, 0.6) is 0 Å². The van der Waals surface area contributed by atoms with Crippen molar-refractivity contribution in [3.8, 4) is 0 Å². The van der Waals surface area contributed by atoms with E-state index in [0.717, 1.165) is 0 Å². The summed E-state index contributed by atoms with van der Waals surface area (Å²) in [6, 6.07) is 8.42. The number of ether oxygens (including phenoxy) is 2. The molecule has 0 radical (unpaired) electrons. The maximum absolute atomic E-state index is 5.91. The highest BCUT2D eigenvalue weighted by Gasteiger charge is 2.51. The first-order valence-corrected chi connectivity index (χ1v) is 6.48. The molecule has 0 aromatic heterocycles. The molecule has 0 atom stereocenters. The summed E-state index contributed by atoms with van der Waals surface area (Å²) in [6.07, 6.45) is 0. The first kappa shape index (κ1) is 14.5. The monoisotopic (exact) mass is 265 g/mol. The van der Waals surface area contributed by atoms with E-state index in [1.165, 1.54) is 11.1 Å². The lowest BCUT2D eigenvalue weighted by Gasteiger charge is -2.40. The van der Waals surface area contributed by atoms with Crippen LogP contribution in [0.15, 0.2) is 24.3 Å². The van der Waals surface area contributed by atoms with Gasteiger partial charge in [-0.15, -0.1) is 0 Å². The van der Waals surface area contributed by atoms with E-state index in [4.69, 9.17) is 14.3 Å². The van der Waals surface area contributed by atoms with Crippen molar-refractivity contribution in [1.82, 2.24) is 5.06 Å². The van der Waals surface area contributed by atoms with Crippen LogP contribution in [0.4, 0.5) is 0 Å². The van der Waals surface area contributed by atoms with Gasteiger partial charge in [-0.2, -0.15) is 5.06 Å². The molecule has 19 heavy (non-hydrogen) atoms. The lowest BCUT2D eigenvalue weighted by molar-refractivity contribution is -0.401. The van der Waals surface area contributed by atoms with Gasteiger partial charge in [0.05, 0.1) is 11.1 Å². The largest absolute Gasteiger partial charge is 0.332 e. The van der Waals surface area contributed by atoms with Gasteiger partial charge in [-0.1, -0.05) is 24.3 Å². The maximum Gasteiger partial charge on any atom is 0.288 e. The fourth-order valence-electron chi connectivity index (χ4n) is 3.00. The van der Waals surface area contributed by atoms with Gasteiger partial charge in [0.15, 0.2) is 0 Å². The highest BCUT2D eigenvalue weighted by molar-refractivity contribution is 5.42. The molecule has 0 N–H and O–H groups in total. The number of hydroxylamine groups is 2. The van der Waals surface area contributed by atoms with E-state index in [0.29, 0.717) is 0 Å². The summed E-state index contributed by atoms with van der Waals surface area (Å²) in [5.41, 5.74) is 2.06. The van der Waals surface area contributed by atoms with Gasteiger partial charge in [0.25, 0.3) is 6.48 Å². The Balaban J connectivity index is 2.41. The third-order valence-corrected chi connectivity index (χ3v) is 3.84. The molecule has 106 valence electrons. The van der Waals surface area contributed by atoms with Gasteiger partial charge in [0.1, 0.15) is 0 Å². The zero-order valence-corrected chi connectivity index (χ0v) is 12.6. The van der Waals surface area contributed by atoms with Crippen molar-refractivity contribution in [1.29, 1.82) is 0 Å². The van der Waals surface area contributed by atoms with Crippen LogP contribution in [0.1, 0.15) is 38.8 Å². The Kier molecular flexibility index (Phi) is 3.71. The Bertz CT molecular complexity index is 417. The summed E-state index contributed by atoms with van der Waals surface area (Å²) in [6.45, 7) is 7.87. The van der Waals surface area contributed by atoms with E-state index in [1.807, 2.05) is 5.06 Å². The third kappa shape index (κ3) is 2.19. The summed E-state index contributed by atoms with van der Waals surface area (Å²) in [5.74, 6) is 0. The molecule has 0 fully saturated rings. The van der Waals surface area contributed by atoms with E-state index in [-0.39, 0.29) is 11.1 Å². The number of fused-ring (bicyclic) bond motifs is 1. The molecule has 0 saturated carbocycles. The van der Waals surface area contributed by atoms with Crippen LogP contribution in [-0.4, -0.2) is 25.8 Å². The molecule has 2 rings (SSSR count). The predicted molar refractivity (Wildman–Crippen MR) is 73.2 cm³/mol. The van der Waals surface area contributed by atoms with E-state index < -0.39 is 6.48 Å². The molecule has 0 unspecified atom stereocenters. The van der Waals surface area contributed by atoms with Crippen molar-refractivity contribution in [3.63, 3.8) is 0 Å². The molecular weight excluding hydrogens is 242 g/mol. The number of methoxy groups -OCH3 is 2. The minimum Gasteiger partial charge on any atom is -0.332 e. The van der Waals surface area contributed by atoms with Crippen molar-refractivity contribution in [2.45, 2.75) is 45.2 Å². The smallest absolute Gasteiger partial charge is 0.288 e. The number of rotatable bonds is 4. The van der Waals surface area contributed by atoms with Crippen LogP contribution < -0.4 is 0 Å². The van der Waals surface area contributed by atoms with Crippen LogP contribution >= 0.6 is 0 Å². The predicted octanol–water partition coefficient (Wildman–Crippen LogP) is 2.98. The van der Waals surface area contributed by atoms with Crippen LogP contribution in [-0.2, 0) is 25.4 Å². The van der Waals surface area contributed by atoms with Crippen LogP contribution in [0.25, 0.3) is 0 Å². The summed E-state index contributed by atoms with van der Waals surface area (Å²) in [7, 11) is 3.13. The molecule has 0 amide bonds. The molecular formula is C15H23NO3. The van der Waals surface area contributed by atoms with Gasteiger partial charge in [-0.25, -0.2) is 4.84 Å². The Labute approximate surface area is 115 Å². The zero-order valence-electron chi connectivity index (χ0n) is 12.6. The number of hydrogen-bond donors (Lipinski definition) is 0. The van der Waals surface area contributed by atoms with Crippen LogP contribution in [0.2, 0.25) is 0 Å². The van der Waals surface area contributed by atoms with E-state index >= 15 is 0 Å². The second kappa shape index (κ2) is 4.87. The van der Waals surface area contributed by atoms with E-state index in [2.05, 4.69) is 52.0 Å². The minimum atomic E-state index is -0.701. The van der Waals surface area contributed by atoms with Gasteiger partial charge in [0, 0.05) is 14.2 Å². The summed E-state index contributed by atoms with van der Waals surface area (Å²) in [4.78, 5) is 5.91. The van der Waals surface area contributed by atoms with Crippen molar-refractivity contribution in [3.05, 3.63) is 35.4 Å². The Morgan fingerprint density at radius 3 is 1.68 bits per heavy atom. The lowest BCUT2D eigenvalue weighted by atomic mass is 9.91. The van der Waals surface area contributed by atoms with Gasteiger partial charge < -0.3 is 9.47 Å². The summed E-state index contributed by atoms with van der Waals surface area (Å²) >= 11 is 0. The molecule has 1 aromatic carbocycles. The molecule has 1 aliphatic heterocycles. The second-order valence-electron chi connectivity index (χ2n) is 5.82. The molecule has 1 aromatic rings. The van der Waals surface area contributed by atoms with Gasteiger partial charge in [0.2, 0.25) is 0 Å². The Hall–Kier alpha value is -0.940.